The van der Waals surface area contributed by atoms with Crippen LogP contribution in [0.15, 0.2) is 0 Å². The SMILES string of the molecule is CCCCC(C)NCC=O.CN(C)C. The van der Waals surface area contributed by atoms with E-state index in [1.807, 2.05) is 26.0 Å². The maximum Gasteiger partial charge on any atom is 0.133 e. The van der Waals surface area contributed by atoms with Crippen LogP contribution in [0.4, 0.5) is 0 Å². The molecule has 14 heavy (non-hydrogen) atoms. The molecule has 0 radical (unpaired) electrons. The van der Waals surface area contributed by atoms with Crippen molar-refractivity contribution in [3.63, 3.8) is 0 Å². The largest absolute Gasteiger partial charge is 0.312 e. The monoisotopic (exact) mass is 202 g/mol. The Bertz CT molecular complexity index is 113. The summed E-state index contributed by atoms with van der Waals surface area (Å²) in [4.78, 5) is 11.9. The van der Waals surface area contributed by atoms with E-state index < -0.39 is 0 Å². The molecule has 3 nitrogen and oxygen atoms in total. The van der Waals surface area contributed by atoms with E-state index in [4.69, 9.17) is 0 Å². The van der Waals surface area contributed by atoms with Crippen LogP contribution in [0.3, 0.4) is 0 Å². The van der Waals surface area contributed by atoms with Crippen molar-refractivity contribution in [3.05, 3.63) is 0 Å². The molecule has 0 aromatic rings. The van der Waals surface area contributed by atoms with Crippen LogP contribution in [0.5, 0.6) is 0 Å². The average molecular weight is 202 g/mol. The van der Waals surface area contributed by atoms with Crippen LogP contribution in [0.2, 0.25) is 0 Å². The third-order valence-corrected chi connectivity index (χ3v) is 1.54. The van der Waals surface area contributed by atoms with Crippen molar-refractivity contribution in [1.82, 2.24) is 10.2 Å². The average Bonchev–Trinajstić information content (AvgIpc) is 2.10. The van der Waals surface area contributed by atoms with Gasteiger partial charge < -0.3 is 15.0 Å². The summed E-state index contributed by atoms with van der Waals surface area (Å²) in [6.07, 6.45) is 4.55. The number of nitrogens with zero attached hydrogens (tertiary/aromatic N) is 1. The minimum absolute atomic E-state index is 0.491. The fourth-order valence-electron chi connectivity index (χ4n) is 0.862. The Morgan fingerprint density at radius 2 is 1.86 bits per heavy atom. The Balaban J connectivity index is 0. The first-order valence-corrected chi connectivity index (χ1v) is 5.32. The molecule has 86 valence electrons. The predicted molar refractivity (Wildman–Crippen MR) is 62.7 cm³/mol. The topological polar surface area (TPSA) is 32.3 Å². The maximum absolute atomic E-state index is 9.92. The molecule has 1 unspecified atom stereocenters. The van der Waals surface area contributed by atoms with Crippen molar-refractivity contribution in [1.29, 1.82) is 0 Å². The lowest BCUT2D eigenvalue weighted by molar-refractivity contribution is -0.107. The van der Waals surface area contributed by atoms with Crippen molar-refractivity contribution in [3.8, 4) is 0 Å². The molecule has 0 aliphatic carbocycles. The smallest absolute Gasteiger partial charge is 0.133 e. The molecule has 0 saturated carbocycles. The summed E-state index contributed by atoms with van der Waals surface area (Å²) >= 11 is 0. The molecular formula is C11H26N2O. The molecule has 0 aliphatic rings. The summed E-state index contributed by atoms with van der Waals surface area (Å²) in [5.41, 5.74) is 0. The summed E-state index contributed by atoms with van der Waals surface area (Å²) in [6, 6.07) is 0.491. The highest BCUT2D eigenvalue weighted by Crippen LogP contribution is 1.98. The molecule has 0 rings (SSSR count). The Labute approximate surface area is 88.9 Å². The molecule has 0 heterocycles. The third kappa shape index (κ3) is 22.6. The standard InChI is InChI=1S/C8H17NO.C3H9N/c1-3-4-5-8(2)9-6-7-10;1-4(2)3/h7-9H,3-6H2,1-2H3;1-3H3. The molecule has 3 heteroatoms. The predicted octanol–water partition coefficient (Wildman–Crippen LogP) is 1.53. The lowest BCUT2D eigenvalue weighted by Gasteiger charge is -2.09. The van der Waals surface area contributed by atoms with Gasteiger partial charge in [0.25, 0.3) is 0 Å². The van der Waals surface area contributed by atoms with Crippen LogP contribution in [0.1, 0.15) is 33.1 Å². The van der Waals surface area contributed by atoms with Crippen molar-refractivity contribution in [2.24, 2.45) is 0 Å². The first-order chi connectivity index (χ1) is 6.54. The van der Waals surface area contributed by atoms with Gasteiger partial charge in [-0.15, -0.1) is 0 Å². The van der Waals surface area contributed by atoms with Gasteiger partial charge in [0.05, 0.1) is 6.54 Å². The van der Waals surface area contributed by atoms with Gasteiger partial charge in [0, 0.05) is 6.04 Å². The molecule has 0 aromatic heterocycles. The van der Waals surface area contributed by atoms with Gasteiger partial charge in [-0.25, -0.2) is 0 Å². The maximum atomic E-state index is 9.92. The molecular weight excluding hydrogens is 176 g/mol. The number of carbonyl (C=O) groups is 1. The Kier molecular flexibility index (Phi) is 14.4. The van der Waals surface area contributed by atoms with Gasteiger partial charge in [-0.1, -0.05) is 19.8 Å². The zero-order valence-electron chi connectivity index (χ0n) is 10.3. The molecule has 0 spiro atoms. The number of nitrogens with one attached hydrogen (secondary N) is 1. The molecule has 1 atom stereocenters. The van der Waals surface area contributed by atoms with Gasteiger partial charge in [0.2, 0.25) is 0 Å². The molecule has 0 aliphatic heterocycles. The zero-order valence-corrected chi connectivity index (χ0v) is 10.3. The number of unbranched alkanes of at least 4 members (excludes halogenated alkanes) is 1. The van der Waals surface area contributed by atoms with E-state index in [-0.39, 0.29) is 0 Å². The Hall–Kier alpha value is -0.410. The second kappa shape index (κ2) is 12.6. The van der Waals surface area contributed by atoms with E-state index in [1.165, 1.54) is 19.3 Å². The summed E-state index contributed by atoms with van der Waals surface area (Å²) in [5.74, 6) is 0. The van der Waals surface area contributed by atoms with Gasteiger partial charge in [-0.2, -0.15) is 0 Å². The number of aldehydes is 1. The molecule has 0 saturated heterocycles. The minimum atomic E-state index is 0.491. The lowest BCUT2D eigenvalue weighted by Crippen LogP contribution is -2.27. The summed E-state index contributed by atoms with van der Waals surface area (Å²) in [7, 11) is 6.00. The number of carbonyl (C=O) groups excluding carboxylic acids is 1. The van der Waals surface area contributed by atoms with E-state index in [9.17, 15) is 4.79 Å². The number of rotatable bonds is 6. The van der Waals surface area contributed by atoms with Crippen LogP contribution in [0, 0.1) is 0 Å². The van der Waals surface area contributed by atoms with Gasteiger partial charge in [-0.05, 0) is 34.5 Å². The minimum Gasteiger partial charge on any atom is -0.312 e. The van der Waals surface area contributed by atoms with Gasteiger partial charge in [0.15, 0.2) is 0 Å². The lowest BCUT2D eigenvalue weighted by atomic mass is 10.1. The van der Waals surface area contributed by atoms with E-state index in [0.717, 1.165) is 6.29 Å². The highest BCUT2D eigenvalue weighted by atomic mass is 16.1. The quantitative estimate of drug-likeness (QED) is 0.663. The van der Waals surface area contributed by atoms with Gasteiger partial charge >= 0.3 is 0 Å². The second-order valence-electron chi connectivity index (χ2n) is 3.96. The van der Waals surface area contributed by atoms with Crippen LogP contribution < -0.4 is 5.32 Å². The van der Waals surface area contributed by atoms with Crippen LogP contribution >= 0.6 is 0 Å². The number of hydrogen-bond acceptors (Lipinski definition) is 3. The normalized spacial score (nSPS) is 11.9. The van der Waals surface area contributed by atoms with Crippen LogP contribution in [-0.4, -0.2) is 44.9 Å². The summed E-state index contributed by atoms with van der Waals surface area (Å²) in [5, 5.41) is 3.10. The Morgan fingerprint density at radius 3 is 2.21 bits per heavy atom. The summed E-state index contributed by atoms with van der Waals surface area (Å²) in [6.45, 7) is 4.77. The van der Waals surface area contributed by atoms with E-state index >= 15 is 0 Å². The van der Waals surface area contributed by atoms with Crippen molar-refractivity contribution in [2.75, 3.05) is 27.7 Å². The van der Waals surface area contributed by atoms with Crippen LogP contribution in [-0.2, 0) is 4.79 Å². The number of hydrogen-bond donors (Lipinski definition) is 1. The summed E-state index contributed by atoms with van der Waals surface area (Å²) < 4.78 is 0. The first-order valence-electron chi connectivity index (χ1n) is 5.32. The fourth-order valence-corrected chi connectivity index (χ4v) is 0.862. The molecule has 0 amide bonds. The zero-order chi connectivity index (χ0) is 11.4. The highest BCUT2D eigenvalue weighted by molar-refractivity contribution is 5.51. The fraction of sp³-hybridized carbons (Fsp3) is 0.909. The van der Waals surface area contributed by atoms with E-state index in [0.29, 0.717) is 12.6 Å². The van der Waals surface area contributed by atoms with E-state index in [2.05, 4.69) is 19.2 Å². The van der Waals surface area contributed by atoms with Crippen molar-refractivity contribution in [2.45, 2.75) is 39.2 Å². The van der Waals surface area contributed by atoms with E-state index in [1.54, 1.807) is 0 Å². The van der Waals surface area contributed by atoms with Crippen molar-refractivity contribution >= 4 is 6.29 Å². The first kappa shape index (κ1) is 16.0. The van der Waals surface area contributed by atoms with Gasteiger partial charge in [0.1, 0.15) is 6.29 Å². The highest BCUT2D eigenvalue weighted by Gasteiger charge is 1.97. The Morgan fingerprint density at radius 1 is 1.36 bits per heavy atom. The molecule has 0 fully saturated rings. The third-order valence-electron chi connectivity index (χ3n) is 1.54. The van der Waals surface area contributed by atoms with Crippen LogP contribution in [0.25, 0.3) is 0 Å². The molecule has 0 bridgehead atoms. The molecule has 1 N–H and O–H groups in total. The molecule has 0 aromatic carbocycles. The van der Waals surface area contributed by atoms with Crippen molar-refractivity contribution < 1.29 is 4.79 Å². The van der Waals surface area contributed by atoms with Gasteiger partial charge in [-0.3, -0.25) is 0 Å². The second-order valence-corrected chi connectivity index (χ2v) is 3.96.